The van der Waals surface area contributed by atoms with Crippen LogP contribution in [0.1, 0.15) is 44.7 Å². The molecule has 3 amide bonds. The van der Waals surface area contributed by atoms with E-state index in [4.69, 9.17) is 0 Å². The van der Waals surface area contributed by atoms with Crippen LogP contribution >= 0.6 is 11.3 Å². The number of aromatic nitrogens is 1. The second kappa shape index (κ2) is 8.82. The van der Waals surface area contributed by atoms with Gasteiger partial charge in [0.15, 0.2) is 5.13 Å². The van der Waals surface area contributed by atoms with Crippen molar-refractivity contribution < 1.29 is 14.4 Å². The first kappa shape index (κ1) is 19.8. The van der Waals surface area contributed by atoms with Crippen LogP contribution in [-0.4, -0.2) is 58.7 Å². The first-order valence-corrected chi connectivity index (χ1v) is 10.7. The van der Waals surface area contributed by atoms with E-state index in [1.54, 1.807) is 0 Å². The van der Waals surface area contributed by atoms with E-state index in [-0.39, 0.29) is 29.6 Å². The highest BCUT2D eigenvalue weighted by Crippen LogP contribution is 2.25. The normalized spacial score (nSPS) is 21.2. The van der Waals surface area contributed by atoms with Crippen molar-refractivity contribution in [2.75, 3.05) is 31.5 Å². The summed E-state index contributed by atoms with van der Waals surface area (Å²) in [5.41, 5.74) is 0.902. The van der Waals surface area contributed by atoms with Crippen LogP contribution < -0.4 is 5.32 Å². The van der Waals surface area contributed by atoms with E-state index in [2.05, 4.69) is 10.3 Å². The third kappa shape index (κ3) is 4.86. The summed E-state index contributed by atoms with van der Waals surface area (Å²) < 4.78 is 0. The quantitative estimate of drug-likeness (QED) is 0.852. The Hall–Kier alpha value is -1.96. The van der Waals surface area contributed by atoms with Crippen LogP contribution in [0.2, 0.25) is 0 Å². The summed E-state index contributed by atoms with van der Waals surface area (Å²) in [6, 6.07) is 0. The Morgan fingerprint density at radius 1 is 1.15 bits per heavy atom. The first-order chi connectivity index (χ1) is 13.0. The van der Waals surface area contributed by atoms with Crippen molar-refractivity contribution in [2.45, 2.75) is 46.0 Å². The molecule has 1 unspecified atom stereocenters. The molecule has 7 nitrogen and oxygen atoms in total. The SMILES string of the molecule is CCC(=O)N1CCCC(C(=O)N2CCC(C(=O)Nc3nc(C)cs3)CC2)C1. The van der Waals surface area contributed by atoms with Gasteiger partial charge in [-0.2, -0.15) is 0 Å². The van der Waals surface area contributed by atoms with E-state index < -0.39 is 0 Å². The van der Waals surface area contributed by atoms with Crippen molar-refractivity contribution >= 4 is 34.2 Å². The van der Waals surface area contributed by atoms with Gasteiger partial charge in [-0.1, -0.05) is 6.92 Å². The third-order valence-corrected chi connectivity index (χ3v) is 6.33. The summed E-state index contributed by atoms with van der Waals surface area (Å²) in [7, 11) is 0. The molecule has 27 heavy (non-hydrogen) atoms. The summed E-state index contributed by atoms with van der Waals surface area (Å²) in [6.07, 6.45) is 3.56. The number of anilines is 1. The number of amides is 3. The predicted octanol–water partition coefficient (Wildman–Crippen LogP) is 2.28. The molecule has 0 aromatic carbocycles. The predicted molar refractivity (Wildman–Crippen MR) is 104 cm³/mol. The second-order valence-electron chi connectivity index (χ2n) is 7.42. The van der Waals surface area contributed by atoms with Gasteiger partial charge in [0.2, 0.25) is 17.7 Å². The summed E-state index contributed by atoms with van der Waals surface area (Å²) in [4.78, 5) is 45.2. The van der Waals surface area contributed by atoms with Crippen molar-refractivity contribution in [1.29, 1.82) is 0 Å². The molecule has 3 heterocycles. The fraction of sp³-hybridized carbons (Fsp3) is 0.684. The molecule has 2 aliphatic rings. The molecule has 1 atom stereocenters. The molecular weight excluding hydrogens is 364 g/mol. The Kier molecular flexibility index (Phi) is 6.46. The molecule has 2 aliphatic heterocycles. The zero-order valence-electron chi connectivity index (χ0n) is 16.1. The minimum absolute atomic E-state index is 0.00571. The molecule has 0 saturated carbocycles. The molecule has 1 N–H and O–H groups in total. The Balaban J connectivity index is 1.48. The van der Waals surface area contributed by atoms with E-state index in [0.29, 0.717) is 44.0 Å². The van der Waals surface area contributed by atoms with E-state index in [0.717, 1.165) is 25.1 Å². The zero-order chi connectivity index (χ0) is 19.4. The maximum atomic E-state index is 12.9. The van der Waals surface area contributed by atoms with Crippen LogP contribution in [0.25, 0.3) is 0 Å². The number of thiazole rings is 1. The summed E-state index contributed by atoms with van der Waals surface area (Å²) in [6.45, 7) is 6.26. The van der Waals surface area contributed by atoms with E-state index in [1.165, 1.54) is 11.3 Å². The van der Waals surface area contributed by atoms with Crippen LogP contribution in [0, 0.1) is 18.8 Å². The lowest BCUT2D eigenvalue weighted by Gasteiger charge is -2.37. The molecule has 2 saturated heterocycles. The van der Waals surface area contributed by atoms with Crippen LogP contribution in [0.3, 0.4) is 0 Å². The number of hydrogen-bond acceptors (Lipinski definition) is 5. The van der Waals surface area contributed by atoms with Gasteiger partial charge in [-0.3, -0.25) is 14.4 Å². The van der Waals surface area contributed by atoms with Gasteiger partial charge in [-0.25, -0.2) is 4.98 Å². The van der Waals surface area contributed by atoms with E-state index in [1.807, 2.05) is 29.0 Å². The molecule has 1 aromatic heterocycles. The monoisotopic (exact) mass is 392 g/mol. The smallest absolute Gasteiger partial charge is 0.229 e. The third-order valence-electron chi connectivity index (χ3n) is 5.45. The lowest BCUT2D eigenvalue weighted by molar-refractivity contribution is -0.142. The number of nitrogens with zero attached hydrogens (tertiary/aromatic N) is 3. The van der Waals surface area contributed by atoms with Crippen molar-refractivity contribution in [3.63, 3.8) is 0 Å². The number of hydrogen-bond donors (Lipinski definition) is 1. The molecule has 1 aromatic rings. The number of nitrogens with one attached hydrogen (secondary N) is 1. The van der Waals surface area contributed by atoms with Gasteiger partial charge < -0.3 is 15.1 Å². The number of likely N-dealkylation sites (tertiary alicyclic amines) is 2. The summed E-state index contributed by atoms with van der Waals surface area (Å²) in [5, 5.41) is 5.43. The maximum absolute atomic E-state index is 12.9. The van der Waals surface area contributed by atoms with Crippen LogP contribution in [0.4, 0.5) is 5.13 Å². The van der Waals surface area contributed by atoms with Crippen molar-refractivity contribution in [2.24, 2.45) is 11.8 Å². The van der Waals surface area contributed by atoms with Crippen molar-refractivity contribution in [3.05, 3.63) is 11.1 Å². The molecule has 0 aliphatic carbocycles. The first-order valence-electron chi connectivity index (χ1n) is 9.77. The van der Waals surface area contributed by atoms with Gasteiger partial charge >= 0.3 is 0 Å². The Labute approximate surface area is 164 Å². The van der Waals surface area contributed by atoms with E-state index in [9.17, 15) is 14.4 Å². The molecule has 148 valence electrons. The fourth-order valence-electron chi connectivity index (χ4n) is 3.87. The highest BCUT2D eigenvalue weighted by Gasteiger charge is 2.34. The standard InChI is InChI=1S/C19H28N4O3S/c1-3-16(24)23-8-4-5-15(11-23)18(26)22-9-6-14(7-10-22)17(25)21-19-20-13(2)12-27-19/h12,14-15H,3-11H2,1-2H3,(H,20,21,25). The molecule has 0 bridgehead atoms. The largest absolute Gasteiger partial charge is 0.342 e. The number of rotatable bonds is 4. The molecule has 2 fully saturated rings. The van der Waals surface area contributed by atoms with Gasteiger partial charge in [-0.15, -0.1) is 11.3 Å². The lowest BCUT2D eigenvalue weighted by Crippen LogP contribution is -2.49. The highest BCUT2D eigenvalue weighted by atomic mass is 32.1. The van der Waals surface area contributed by atoms with Gasteiger partial charge in [-0.05, 0) is 32.6 Å². The average Bonchev–Trinajstić information content (AvgIpc) is 3.11. The fourth-order valence-corrected chi connectivity index (χ4v) is 4.56. The summed E-state index contributed by atoms with van der Waals surface area (Å²) in [5.74, 6) is 0.0767. The van der Waals surface area contributed by atoms with Crippen molar-refractivity contribution in [1.82, 2.24) is 14.8 Å². The number of piperidine rings is 2. The van der Waals surface area contributed by atoms with E-state index >= 15 is 0 Å². The Bertz CT molecular complexity index is 697. The van der Waals surface area contributed by atoms with Crippen LogP contribution in [0.5, 0.6) is 0 Å². The van der Waals surface area contributed by atoms with Gasteiger partial charge in [0.05, 0.1) is 11.6 Å². The topological polar surface area (TPSA) is 82.6 Å². The Morgan fingerprint density at radius 2 is 1.89 bits per heavy atom. The van der Waals surface area contributed by atoms with Gasteiger partial charge in [0.25, 0.3) is 0 Å². The van der Waals surface area contributed by atoms with Crippen molar-refractivity contribution in [3.8, 4) is 0 Å². The Morgan fingerprint density at radius 3 is 2.52 bits per heavy atom. The number of carbonyl (C=O) groups excluding carboxylic acids is 3. The average molecular weight is 393 g/mol. The molecule has 3 rings (SSSR count). The molecule has 0 spiro atoms. The van der Waals surface area contributed by atoms with Crippen LogP contribution in [-0.2, 0) is 14.4 Å². The molecule has 0 radical (unpaired) electrons. The van der Waals surface area contributed by atoms with Gasteiger partial charge in [0, 0.05) is 43.9 Å². The molecular formula is C19H28N4O3S. The highest BCUT2D eigenvalue weighted by molar-refractivity contribution is 7.13. The van der Waals surface area contributed by atoms with Crippen LogP contribution in [0.15, 0.2) is 5.38 Å². The maximum Gasteiger partial charge on any atom is 0.229 e. The number of aryl methyl sites for hydroxylation is 1. The minimum Gasteiger partial charge on any atom is -0.342 e. The van der Waals surface area contributed by atoms with Gasteiger partial charge in [0.1, 0.15) is 0 Å². The number of carbonyl (C=O) groups is 3. The zero-order valence-corrected chi connectivity index (χ0v) is 16.9. The lowest BCUT2D eigenvalue weighted by atomic mass is 9.92. The molecule has 8 heteroatoms. The minimum atomic E-state index is -0.0991. The second-order valence-corrected chi connectivity index (χ2v) is 8.27. The summed E-state index contributed by atoms with van der Waals surface area (Å²) >= 11 is 1.43.